The summed E-state index contributed by atoms with van der Waals surface area (Å²) in [5.74, 6) is -0.282. The van der Waals surface area contributed by atoms with E-state index in [0.717, 1.165) is 22.9 Å². The van der Waals surface area contributed by atoms with E-state index in [1.165, 1.54) is 0 Å². The lowest BCUT2D eigenvalue weighted by atomic mass is 10.2. The summed E-state index contributed by atoms with van der Waals surface area (Å²) in [5.41, 5.74) is 1.80. The summed E-state index contributed by atoms with van der Waals surface area (Å²) in [4.78, 5) is 10.7. The highest BCUT2D eigenvalue weighted by Gasteiger charge is 2.15. The summed E-state index contributed by atoms with van der Waals surface area (Å²) in [6, 6.07) is 7.27. The molecule has 7 heteroatoms. The van der Waals surface area contributed by atoms with Gasteiger partial charge >= 0.3 is 5.97 Å². The van der Waals surface area contributed by atoms with E-state index in [1.807, 2.05) is 23.6 Å². The van der Waals surface area contributed by atoms with Gasteiger partial charge in [-0.1, -0.05) is 35.5 Å². The zero-order valence-electron chi connectivity index (χ0n) is 11.4. The second-order valence-electron chi connectivity index (χ2n) is 4.54. The van der Waals surface area contributed by atoms with Crippen LogP contribution in [0.2, 0.25) is 5.02 Å². The van der Waals surface area contributed by atoms with Gasteiger partial charge in [0.2, 0.25) is 0 Å². The van der Waals surface area contributed by atoms with Crippen LogP contribution in [0, 0.1) is 0 Å². The molecule has 0 bridgehead atoms. The fourth-order valence-corrected chi connectivity index (χ4v) is 2.53. The molecule has 21 heavy (non-hydrogen) atoms. The third-order valence-electron chi connectivity index (χ3n) is 2.57. The lowest BCUT2D eigenvalue weighted by Crippen LogP contribution is -2.05. The molecule has 1 aromatic heterocycles. The van der Waals surface area contributed by atoms with E-state index in [0.29, 0.717) is 22.5 Å². The Kier molecular flexibility index (Phi) is 5.03. The summed E-state index contributed by atoms with van der Waals surface area (Å²) in [6.45, 7) is 6.33. The third kappa shape index (κ3) is 4.09. The van der Waals surface area contributed by atoms with Crippen LogP contribution < -0.4 is 0 Å². The van der Waals surface area contributed by atoms with Crippen molar-refractivity contribution in [3.63, 3.8) is 0 Å². The molecule has 1 N–H and O–H groups in total. The number of thioether (sulfide) groups is 1. The highest BCUT2D eigenvalue weighted by Crippen LogP contribution is 2.25. The molecule has 0 amide bonds. The second kappa shape index (κ2) is 6.78. The first kappa shape index (κ1) is 15.6. The summed E-state index contributed by atoms with van der Waals surface area (Å²) in [5, 5.41) is 18.2. The van der Waals surface area contributed by atoms with Gasteiger partial charge < -0.3 is 5.11 Å². The van der Waals surface area contributed by atoms with Crippen molar-refractivity contribution in [1.29, 1.82) is 0 Å². The number of carboxylic acid groups (broad SMARTS) is 1. The van der Waals surface area contributed by atoms with Crippen molar-refractivity contribution < 1.29 is 9.90 Å². The maximum atomic E-state index is 10.7. The van der Waals surface area contributed by atoms with E-state index in [4.69, 9.17) is 16.7 Å². The van der Waals surface area contributed by atoms with Crippen LogP contribution in [0.3, 0.4) is 0 Å². The number of carbonyl (C=O) groups is 1. The maximum Gasteiger partial charge on any atom is 0.313 e. The minimum absolute atomic E-state index is 0.0606. The number of benzene rings is 1. The average Bonchev–Trinajstić information content (AvgIpc) is 2.79. The Labute approximate surface area is 131 Å². The van der Waals surface area contributed by atoms with Crippen molar-refractivity contribution in [2.75, 3.05) is 5.75 Å². The monoisotopic (exact) mass is 323 g/mol. The normalized spacial score (nSPS) is 10.6. The van der Waals surface area contributed by atoms with Gasteiger partial charge in [-0.3, -0.25) is 9.36 Å². The smallest absolute Gasteiger partial charge is 0.313 e. The van der Waals surface area contributed by atoms with E-state index < -0.39 is 5.97 Å². The van der Waals surface area contributed by atoms with Gasteiger partial charge in [-0.2, -0.15) is 0 Å². The van der Waals surface area contributed by atoms with Crippen molar-refractivity contribution in [1.82, 2.24) is 14.8 Å². The van der Waals surface area contributed by atoms with Crippen molar-refractivity contribution >= 4 is 29.3 Å². The lowest BCUT2D eigenvalue weighted by molar-refractivity contribution is -0.133. The largest absolute Gasteiger partial charge is 0.481 e. The Hall–Kier alpha value is -1.79. The number of aliphatic carboxylic acids is 1. The van der Waals surface area contributed by atoms with E-state index in [-0.39, 0.29) is 5.75 Å². The van der Waals surface area contributed by atoms with Gasteiger partial charge in [0, 0.05) is 17.1 Å². The first-order chi connectivity index (χ1) is 9.97. The molecule has 2 aromatic rings. The fourth-order valence-electron chi connectivity index (χ4n) is 1.75. The Morgan fingerprint density at radius 3 is 2.62 bits per heavy atom. The molecule has 0 saturated carbocycles. The fraction of sp³-hybridized carbons (Fsp3) is 0.214. The quantitative estimate of drug-likeness (QED) is 0.652. The number of carboxylic acids is 1. The van der Waals surface area contributed by atoms with Crippen molar-refractivity contribution in [2.45, 2.75) is 18.6 Å². The van der Waals surface area contributed by atoms with Crippen LogP contribution in [0.5, 0.6) is 0 Å². The molecule has 1 heterocycles. The number of aromatic nitrogens is 3. The number of halogens is 1. The predicted molar refractivity (Wildman–Crippen MR) is 83.6 cm³/mol. The lowest BCUT2D eigenvalue weighted by Gasteiger charge is -2.09. The molecule has 0 fully saturated rings. The highest BCUT2D eigenvalue weighted by molar-refractivity contribution is 7.99. The van der Waals surface area contributed by atoms with Crippen molar-refractivity contribution in [3.8, 4) is 11.4 Å². The van der Waals surface area contributed by atoms with Gasteiger partial charge in [0.05, 0.1) is 5.75 Å². The van der Waals surface area contributed by atoms with Crippen LogP contribution in [0.4, 0.5) is 0 Å². The zero-order valence-corrected chi connectivity index (χ0v) is 13.0. The molecule has 0 aliphatic heterocycles. The molecule has 5 nitrogen and oxygen atoms in total. The Morgan fingerprint density at radius 1 is 1.38 bits per heavy atom. The van der Waals surface area contributed by atoms with E-state index in [9.17, 15) is 4.79 Å². The van der Waals surface area contributed by atoms with Crippen LogP contribution in [0.1, 0.15) is 6.92 Å². The summed E-state index contributed by atoms with van der Waals surface area (Å²) in [7, 11) is 0. The number of hydrogen-bond donors (Lipinski definition) is 1. The first-order valence-corrected chi connectivity index (χ1v) is 7.52. The van der Waals surface area contributed by atoms with Crippen LogP contribution in [-0.4, -0.2) is 31.6 Å². The standard InChI is InChI=1S/C14H14ClN3O2S/c1-9(2)7-18-13(10-3-5-11(15)6-4-10)16-17-14(18)21-8-12(19)20/h3-6H,1,7-8H2,2H3,(H,19,20). The van der Waals surface area contributed by atoms with E-state index in [1.54, 1.807) is 12.1 Å². The van der Waals surface area contributed by atoms with Crippen LogP contribution in [0.25, 0.3) is 11.4 Å². The number of allylic oxidation sites excluding steroid dienone is 1. The first-order valence-electron chi connectivity index (χ1n) is 6.15. The zero-order chi connectivity index (χ0) is 15.4. The van der Waals surface area contributed by atoms with Gasteiger partial charge in [-0.05, 0) is 31.2 Å². The van der Waals surface area contributed by atoms with Crippen molar-refractivity contribution in [2.24, 2.45) is 0 Å². The second-order valence-corrected chi connectivity index (χ2v) is 5.92. The molecule has 0 spiro atoms. The van der Waals surface area contributed by atoms with E-state index in [2.05, 4.69) is 16.8 Å². The molecule has 1 aromatic carbocycles. The molecular weight excluding hydrogens is 310 g/mol. The summed E-state index contributed by atoms with van der Waals surface area (Å²) < 4.78 is 1.86. The average molecular weight is 324 g/mol. The van der Waals surface area contributed by atoms with E-state index >= 15 is 0 Å². The minimum atomic E-state index is -0.891. The number of rotatable bonds is 6. The summed E-state index contributed by atoms with van der Waals surface area (Å²) >= 11 is 7.03. The molecule has 2 rings (SSSR count). The maximum absolute atomic E-state index is 10.7. The van der Waals surface area contributed by atoms with Crippen molar-refractivity contribution in [3.05, 3.63) is 41.4 Å². The van der Waals surface area contributed by atoms with Gasteiger partial charge in [-0.25, -0.2) is 0 Å². The van der Waals surface area contributed by atoms with Gasteiger partial charge in [0.25, 0.3) is 0 Å². The highest BCUT2D eigenvalue weighted by atomic mass is 35.5. The van der Waals surface area contributed by atoms with Crippen LogP contribution in [-0.2, 0) is 11.3 Å². The molecule has 110 valence electrons. The minimum Gasteiger partial charge on any atom is -0.481 e. The Bertz CT molecular complexity index is 667. The van der Waals surface area contributed by atoms with Gasteiger partial charge in [0.1, 0.15) is 0 Å². The predicted octanol–water partition coefficient (Wildman–Crippen LogP) is 3.35. The molecule has 0 saturated heterocycles. The molecule has 0 aliphatic carbocycles. The third-order valence-corrected chi connectivity index (χ3v) is 3.78. The summed E-state index contributed by atoms with van der Waals surface area (Å²) in [6.07, 6.45) is 0. The Morgan fingerprint density at radius 2 is 2.05 bits per heavy atom. The van der Waals surface area contributed by atoms with Gasteiger partial charge in [0.15, 0.2) is 11.0 Å². The topological polar surface area (TPSA) is 68.0 Å². The molecule has 0 atom stereocenters. The number of nitrogens with zero attached hydrogens (tertiary/aromatic N) is 3. The number of hydrogen-bond acceptors (Lipinski definition) is 4. The molecule has 0 unspecified atom stereocenters. The molecular formula is C14H14ClN3O2S. The van der Waals surface area contributed by atoms with Gasteiger partial charge in [-0.15, -0.1) is 10.2 Å². The molecule has 0 aliphatic rings. The molecule has 0 radical (unpaired) electrons. The van der Waals surface area contributed by atoms with Crippen LogP contribution in [0.15, 0.2) is 41.6 Å². The van der Waals surface area contributed by atoms with Crippen LogP contribution >= 0.6 is 23.4 Å². The SMILES string of the molecule is C=C(C)Cn1c(SCC(=O)O)nnc1-c1ccc(Cl)cc1. The Balaban J connectivity index is 2.38.